The van der Waals surface area contributed by atoms with Crippen molar-refractivity contribution in [3.63, 3.8) is 0 Å². The van der Waals surface area contributed by atoms with Gasteiger partial charge in [0, 0.05) is 26.2 Å². The van der Waals surface area contributed by atoms with Gasteiger partial charge >= 0.3 is 0 Å². The average molecular weight is 319 g/mol. The molecule has 0 atom stereocenters. The highest BCUT2D eigenvalue weighted by Gasteiger charge is 2.36. The Kier molecular flexibility index (Phi) is 4.20. The molecule has 2 heterocycles. The molecule has 1 aliphatic rings. The Morgan fingerprint density at radius 1 is 1.41 bits per heavy atom. The first-order valence-electron chi connectivity index (χ1n) is 7.65. The summed E-state index contributed by atoms with van der Waals surface area (Å²) in [5.74, 6) is 1.17. The normalized spacial score (nSPS) is 15.0. The zero-order chi connectivity index (χ0) is 15.7. The highest BCUT2D eigenvalue weighted by Crippen LogP contribution is 2.36. The molecule has 0 bridgehead atoms. The lowest BCUT2D eigenvalue weighted by Crippen LogP contribution is -2.54. The van der Waals surface area contributed by atoms with Crippen molar-refractivity contribution < 1.29 is 9.53 Å². The van der Waals surface area contributed by atoms with Crippen LogP contribution in [0.5, 0.6) is 5.75 Å². The van der Waals surface area contributed by atoms with E-state index in [0.29, 0.717) is 0 Å². The minimum absolute atomic E-state index is 0.105. The number of rotatable bonds is 5. The van der Waals surface area contributed by atoms with Gasteiger partial charge in [0.1, 0.15) is 11.3 Å². The lowest BCUT2D eigenvalue weighted by Gasteiger charge is -2.40. The third-order valence-electron chi connectivity index (χ3n) is 4.17. The Balaban J connectivity index is 1.72. The van der Waals surface area contributed by atoms with Gasteiger partial charge in [0.25, 0.3) is 0 Å². The lowest BCUT2D eigenvalue weighted by molar-refractivity contribution is -0.135. The predicted octanol–water partition coefficient (Wildman–Crippen LogP) is 2.61. The lowest BCUT2D eigenvalue weighted by atomic mass is 9.99. The summed E-state index contributed by atoms with van der Waals surface area (Å²) < 4.78 is 6.48. The number of fused-ring (bicyclic) bond motifs is 1. The van der Waals surface area contributed by atoms with Crippen LogP contribution in [-0.4, -0.2) is 49.1 Å². The average Bonchev–Trinajstić information content (AvgIpc) is 2.90. The van der Waals surface area contributed by atoms with Gasteiger partial charge in [-0.2, -0.15) is 0 Å². The summed E-state index contributed by atoms with van der Waals surface area (Å²) in [6, 6.07) is 5.96. The van der Waals surface area contributed by atoms with E-state index < -0.39 is 0 Å². The van der Waals surface area contributed by atoms with Crippen molar-refractivity contribution in [2.45, 2.75) is 13.8 Å². The number of nitrogens with zero attached hydrogens (tertiary/aromatic N) is 3. The van der Waals surface area contributed by atoms with Crippen LogP contribution in [-0.2, 0) is 4.79 Å². The van der Waals surface area contributed by atoms with E-state index in [1.165, 1.54) is 0 Å². The van der Waals surface area contributed by atoms with E-state index in [0.717, 1.165) is 47.3 Å². The fourth-order valence-electron chi connectivity index (χ4n) is 2.80. The maximum Gasteiger partial charge on any atom is 0.229 e. The number of hydrogen-bond acceptors (Lipinski definition) is 5. The number of ether oxygens (including phenoxy) is 1. The van der Waals surface area contributed by atoms with Gasteiger partial charge in [-0.1, -0.05) is 17.4 Å². The summed E-state index contributed by atoms with van der Waals surface area (Å²) in [7, 11) is 1.66. The third-order valence-corrected chi connectivity index (χ3v) is 5.25. The van der Waals surface area contributed by atoms with Gasteiger partial charge in [0.15, 0.2) is 5.13 Å². The molecule has 0 N–H and O–H groups in total. The van der Waals surface area contributed by atoms with Crippen LogP contribution in [0.15, 0.2) is 18.2 Å². The number of methoxy groups -OCH3 is 1. The molecule has 1 aromatic carbocycles. The maximum absolute atomic E-state index is 12.3. The summed E-state index contributed by atoms with van der Waals surface area (Å²) in [6.45, 7) is 7.14. The number of aromatic nitrogens is 1. The van der Waals surface area contributed by atoms with Crippen molar-refractivity contribution in [2.75, 3.05) is 38.2 Å². The highest BCUT2D eigenvalue weighted by molar-refractivity contribution is 7.22. The van der Waals surface area contributed by atoms with Crippen LogP contribution < -0.4 is 9.64 Å². The predicted molar refractivity (Wildman–Crippen MR) is 89.8 cm³/mol. The molecule has 22 heavy (non-hydrogen) atoms. The van der Waals surface area contributed by atoms with Crippen molar-refractivity contribution in [3.8, 4) is 5.75 Å². The zero-order valence-electron chi connectivity index (χ0n) is 13.2. The molecule has 0 unspecified atom stereocenters. The van der Waals surface area contributed by atoms with Crippen LogP contribution in [0.25, 0.3) is 10.2 Å². The number of carbonyl (C=O) groups excluding carboxylic acids is 1. The van der Waals surface area contributed by atoms with Crippen LogP contribution in [0.1, 0.15) is 13.8 Å². The summed E-state index contributed by atoms with van der Waals surface area (Å²) in [5.41, 5.74) is 0.906. The number of amides is 1. The molecule has 0 saturated carbocycles. The molecule has 0 radical (unpaired) electrons. The Morgan fingerprint density at radius 3 is 2.77 bits per heavy atom. The number of benzene rings is 1. The van der Waals surface area contributed by atoms with Crippen LogP contribution in [0, 0.1) is 5.92 Å². The summed E-state index contributed by atoms with van der Waals surface area (Å²) >= 11 is 1.65. The first-order chi connectivity index (χ1) is 10.7. The van der Waals surface area contributed by atoms with E-state index in [-0.39, 0.29) is 11.8 Å². The summed E-state index contributed by atoms with van der Waals surface area (Å²) in [6.07, 6.45) is 0. The molecule has 1 aliphatic heterocycles. The smallest absolute Gasteiger partial charge is 0.229 e. The Morgan fingerprint density at radius 2 is 2.14 bits per heavy atom. The first-order valence-corrected chi connectivity index (χ1v) is 8.46. The topological polar surface area (TPSA) is 45.7 Å². The minimum Gasteiger partial charge on any atom is -0.494 e. The molecule has 1 saturated heterocycles. The van der Waals surface area contributed by atoms with Gasteiger partial charge in [0.05, 0.1) is 17.7 Å². The molecule has 3 rings (SSSR count). The monoisotopic (exact) mass is 319 g/mol. The second-order valence-corrected chi connectivity index (χ2v) is 6.42. The number of anilines is 1. The highest BCUT2D eigenvalue weighted by atomic mass is 32.1. The molecule has 5 nitrogen and oxygen atoms in total. The number of carbonyl (C=O) groups is 1. The molecule has 0 spiro atoms. The van der Waals surface area contributed by atoms with Gasteiger partial charge in [-0.05, 0) is 26.0 Å². The maximum atomic E-state index is 12.3. The van der Waals surface area contributed by atoms with E-state index in [4.69, 9.17) is 4.74 Å². The molecular formula is C16H21N3O2S. The number of hydrogen-bond donors (Lipinski definition) is 0. The Hall–Kier alpha value is -1.82. The van der Waals surface area contributed by atoms with Crippen LogP contribution >= 0.6 is 11.3 Å². The van der Waals surface area contributed by atoms with Crippen molar-refractivity contribution in [3.05, 3.63) is 18.2 Å². The minimum atomic E-state index is 0.105. The van der Waals surface area contributed by atoms with E-state index in [1.807, 2.05) is 30.9 Å². The van der Waals surface area contributed by atoms with Gasteiger partial charge in [-0.25, -0.2) is 4.98 Å². The number of para-hydroxylation sites is 1. The first kappa shape index (κ1) is 15.1. The fraction of sp³-hybridized carbons (Fsp3) is 0.500. The fourth-order valence-corrected chi connectivity index (χ4v) is 3.80. The van der Waals surface area contributed by atoms with E-state index in [2.05, 4.69) is 16.0 Å². The van der Waals surface area contributed by atoms with E-state index in [9.17, 15) is 4.79 Å². The van der Waals surface area contributed by atoms with Crippen LogP contribution in [0.3, 0.4) is 0 Å². The quantitative estimate of drug-likeness (QED) is 0.850. The summed E-state index contributed by atoms with van der Waals surface area (Å²) in [4.78, 5) is 21.1. The van der Waals surface area contributed by atoms with Gasteiger partial charge in [0.2, 0.25) is 5.91 Å². The van der Waals surface area contributed by atoms with Gasteiger partial charge < -0.3 is 14.5 Å². The molecule has 1 amide bonds. The Labute approximate surface area is 134 Å². The second kappa shape index (κ2) is 6.12. The SMILES string of the molecule is CCN(CC)C(=O)C1CN(c2nc3c(OC)cccc3s2)C1. The van der Waals surface area contributed by atoms with Crippen LogP contribution in [0.2, 0.25) is 0 Å². The molecular weight excluding hydrogens is 298 g/mol. The molecule has 6 heteroatoms. The van der Waals surface area contributed by atoms with Crippen molar-refractivity contribution in [1.29, 1.82) is 0 Å². The van der Waals surface area contributed by atoms with E-state index in [1.54, 1.807) is 18.4 Å². The molecule has 1 aromatic heterocycles. The molecule has 2 aromatic rings. The Bertz CT molecular complexity index is 675. The molecule has 118 valence electrons. The van der Waals surface area contributed by atoms with Crippen molar-refractivity contribution in [2.24, 2.45) is 5.92 Å². The second-order valence-electron chi connectivity index (χ2n) is 5.42. The van der Waals surface area contributed by atoms with Crippen molar-refractivity contribution in [1.82, 2.24) is 9.88 Å². The van der Waals surface area contributed by atoms with Crippen molar-refractivity contribution >= 4 is 32.6 Å². The van der Waals surface area contributed by atoms with Gasteiger partial charge in [-0.3, -0.25) is 4.79 Å². The van der Waals surface area contributed by atoms with Gasteiger partial charge in [-0.15, -0.1) is 0 Å². The zero-order valence-corrected chi connectivity index (χ0v) is 14.0. The molecule has 1 fully saturated rings. The molecule has 0 aliphatic carbocycles. The largest absolute Gasteiger partial charge is 0.494 e. The van der Waals surface area contributed by atoms with E-state index >= 15 is 0 Å². The number of thiazole rings is 1. The third kappa shape index (κ3) is 2.52. The summed E-state index contributed by atoms with van der Waals surface area (Å²) in [5, 5.41) is 0.975. The van der Waals surface area contributed by atoms with Crippen LogP contribution in [0.4, 0.5) is 5.13 Å². The standard InChI is InChI=1S/C16H21N3O2S/c1-4-18(5-2)15(20)11-9-19(10-11)16-17-14-12(21-3)7-6-8-13(14)22-16/h6-8,11H,4-5,9-10H2,1-3H3.